The third-order valence-corrected chi connectivity index (χ3v) is 15.3. The Morgan fingerprint density at radius 3 is 1.28 bits per heavy atom. The first-order chi connectivity index (χ1) is 30.4. The number of rotatable bonds is 10. The van der Waals surface area contributed by atoms with Crippen molar-refractivity contribution in [2.75, 3.05) is 26.4 Å². The first kappa shape index (κ1) is 47.5. The fourth-order valence-electron chi connectivity index (χ4n) is 8.22. The average molecular weight is 948 g/mol. The van der Waals surface area contributed by atoms with Crippen LogP contribution >= 0.6 is 23.2 Å². The van der Waals surface area contributed by atoms with Crippen LogP contribution in [0, 0.1) is 11.8 Å². The molecule has 64 heavy (non-hydrogen) atoms. The Labute approximate surface area is 386 Å². The van der Waals surface area contributed by atoms with Crippen LogP contribution in [-0.2, 0) is 53.1 Å². The van der Waals surface area contributed by atoms with Gasteiger partial charge >= 0.3 is 0 Å². The number of halogens is 2. The van der Waals surface area contributed by atoms with Crippen LogP contribution in [-0.4, -0.2) is 72.3 Å². The summed E-state index contributed by atoms with van der Waals surface area (Å²) in [6.07, 6.45) is 10.1. The zero-order valence-corrected chi connectivity index (χ0v) is 40.3. The van der Waals surface area contributed by atoms with Crippen molar-refractivity contribution in [3.05, 3.63) is 107 Å². The summed E-state index contributed by atoms with van der Waals surface area (Å²) in [5.74, 6) is 2.98. The Morgan fingerprint density at radius 1 is 0.578 bits per heavy atom. The van der Waals surface area contributed by atoms with Gasteiger partial charge in [0.15, 0.2) is 0 Å². The highest BCUT2D eigenvalue weighted by Crippen LogP contribution is 2.34. The van der Waals surface area contributed by atoms with Crippen molar-refractivity contribution in [1.82, 2.24) is 29.1 Å². The van der Waals surface area contributed by atoms with Crippen molar-refractivity contribution < 1.29 is 26.3 Å². The molecule has 0 amide bonds. The van der Waals surface area contributed by atoms with E-state index in [0.717, 1.165) is 87.9 Å². The average Bonchev–Trinajstić information content (AvgIpc) is 3.83. The van der Waals surface area contributed by atoms with Crippen LogP contribution in [0.25, 0.3) is 34.2 Å². The van der Waals surface area contributed by atoms with E-state index in [2.05, 4.69) is 60.6 Å². The van der Waals surface area contributed by atoms with Gasteiger partial charge in [-0.05, 0) is 110 Å². The Bertz CT molecular complexity index is 2700. The van der Waals surface area contributed by atoms with E-state index in [-0.39, 0.29) is 30.4 Å². The normalized spacial score (nSPS) is 16.2. The molecule has 8 rings (SSSR count). The number of ether oxygens (including phenoxy) is 2. The third-order valence-electron chi connectivity index (χ3n) is 11.6. The fraction of sp³-hybridized carbons (Fsp3) is 0.417. The zero-order chi connectivity index (χ0) is 45.9. The van der Waals surface area contributed by atoms with Gasteiger partial charge in [0.1, 0.15) is 11.6 Å². The SMILES string of the molecule is CC(C)(C)c1nc2cc(S(=O)(=O)c3ccnc(/C=C/Cl)c3)ccc2n1CC1CCOCC1.CC(C)(C)c1nc2cc(S(=O)(=O)c3ccnc(/C=C\Cl)c3)ccc2n1CC1CCOCC1. The van der Waals surface area contributed by atoms with E-state index >= 15 is 0 Å². The number of hydrogen-bond donors (Lipinski definition) is 0. The molecule has 0 spiro atoms. The highest BCUT2D eigenvalue weighted by molar-refractivity contribution is 7.91. The molecule has 0 bridgehead atoms. The maximum Gasteiger partial charge on any atom is 0.206 e. The summed E-state index contributed by atoms with van der Waals surface area (Å²) in [5, 5.41) is 0. The van der Waals surface area contributed by atoms with Crippen molar-refractivity contribution >= 4 is 77.1 Å². The van der Waals surface area contributed by atoms with Gasteiger partial charge < -0.3 is 18.6 Å². The van der Waals surface area contributed by atoms with E-state index in [1.54, 1.807) is 36.4 Å². The van der Waals surface area contributed by atoms with Gasteiger partial charge in [-0.1, -0.05) is 64.7 Å². The summed E-state index contributed by atoms with van der Waals surface area (Å²) < 4.78 is 68.8. The van der Waals surface area contributed by atoms with E-state index in [4.69, 9.17) is 42.6 Å². The van der Waals surface area contributed by atoms with Gasteiger partial charge in [-0.25, -0.2) is 26.8 Å². The minimum Gasteiger partial charge on any atom is -0.381 e. The predicted octanol–water partition coefficient (Wildman–Crippen LogP) is 10.4. The summed E-state index contributed by atoms with van der Waals surface area (Å²) in [5.41, 5.74) is 6.55. The molecule has 0 unspecified atom stereocenters. The molecule has 2 aromatic carbocycles. The molecule has 6 aromatic rings. The summed E-state index contributed by atoms with van der Waals surface area (Å²) >= 11 is 11.2. The van der Waals surface area contributed by atoms with Crippen LogP contribution in [0.5, 0.6) is 0 Å². The number of benzene rings is 2. The summed E-state index contributed by atoms with van der Waals surface area (Å²) in [6.45, 7) is 17.7. The van der Waals surface area contributed by atoms with Crippen LogP contribution in [0.2, 0.25) is 0 Å². The Morgan fingerprint density at radius 2 is 0.938 bits per heavy atom. The number of hydrogen-bond acceptors (Lipinski definition) is 10. The Kier molecular flexibility index (Phi) is 14.5. The standard InChI is InChI=1S/2C24H28ClN3O3S/c2*1-24(2,3)23-27-21-15-19(32(29,30)20-7-11-26-18(14-20)6-10-25)4-5-22(21)28(23)16-17-8-12-31-13-9-17/h2*4-7,10-11,14-15,17H,8-9,12-13,16H2,1-3H3/b10-6+;10-6-. The fourth-order valence-corrected chi connectivity index (χ4v) is 11.1. The summed E-state index contributed by atoms with van der Waals surface area (Å²) in [6, 6.07) is 16.5. The molecule has 0 N–H and O–H groups in total. The number of nitrogens with zero attached hydrogens (tertiary/aromatic N) is 6. The maximum atomic E-state index is 13.3. The van der Waals surface area contributed by atoms with E-state index < -0.39 is 19.7 Å². The second-order valence-electron chi connectivity index (χ2n) is 18.4. The number of pyridine rings is 2. The molecular weight excluding hydrogens is 892 g/mol. The number of imidazole rings is 2. The van der Waals surface area contributed by atoms with Crippen LogP contribution in [0.3, 0.4) is 0 Å². The monoisotopic (exact) mass is 946 g/mol. The lowest BCUT2D eigenvalue weighted by molar-refractivity contribution is 0.0610. The van der Waals surface area contributed by atoms with Crippen molar-refractivity contribution in [1.29, 1.82) is 0 Å². The van der Waals surface area contributed by atoms with Gasteiger partial charge in [0.25, 0.3) is 0 Å². The predicted molar refractivity (Wildman–Crippen MR) is 253 cm³/mol. The van der Waals surface area contributed by atoms with Crippen LogP contribution in [0.4, 0.5) is 0 Å². The second kappa shape index (κ2) is 19.6. The third kappa shape index (κ3) is 10.6. The number of aromatic nitrogens is 6. The molecule has 2 fully saturated rings. The molecular formula is C48H56Cl2N6O6S2. The molecule has 12 nitrogen and oxygen atoms in total. The van der Waals surface area contributed by atoms with Gasteiger partial charge in [0.2, 0.25) is 19.7 Å². The lowest BCUT2D eigenvalue weighted by Gasteiger charge is -2.26. The van der Waals surface area contributed by atoms with Gasteiger partial charge in [-0.3, -0.25) is 9.97 Å². The quantitative estimate of drug-likeness (QED) is 0.130. The van der Waals surface area contributed by atoms with Crippen molar-refractivity contribution in [3.63, 3.8) is 0 Å². The van der Waals surface area contributed by atoms with Crippen LogP contribution in [0.1, 0.15) is 90.3 Å². The molecule has 4 aromatic heterocycles. The van der Waals surface area contributed by atoms with E-state index in [1.165, 1.54) is 47.7 Å². The van der Waals surface area contributed by atoms with Gasteiger partial charge in [-0.2, -0.15) is 0 Å². The smallest absolute Gasteiger partial charge is 0.206 e. The molecule has 0 atom stereocenters. The van der Waals surface area contributed by atoms with Crippen molar-refractivity contribution in [3.8, 4) is 0 Å². The molecule has 16 heteroatoms. The van der Waals surface area contributed by atoms with Gasteiger partial charge in [-0.15, -0.1) is 0 Å². The maximum absolute atomic E-state index is 13.3. The first-order valence-electron chi connectivity index (χ1n) is 21.5. The lowest BCUT2D eigenvalue weighted by atomic mass is 9.94. The van der Waals surface area contributed by atoms with Crippen LogP contribution in [0.15, 0.2) is 104 Å². The molecule has 2 saturated heterocycles. The van der Waals surface area contributed by atoms with E-state index in [1.807, 2.05) is 12.1 Å². The Balaban J connectivity index is 0.000000191. The number of fused-ring (bicyclic) bond motifs is 2. The molecule has 340 valence electrons. The first-order valence-corrected chi connectivity index (χ1v) is 25.4. The number of sulfone groups is 2. The minimum atomic E-state index is -3.72. The molecule has 0 saturated carbocycles. The van der Waals surface area contributed by atoms with Crippen molar-refractivity contribution in [2.45, 2.75) is 111 Å². The topological polar surface area (TPSA) is 148 Å². The van der Waals surface area contributed by atoms with E-state index in [0.29, 0.717) is 34.3 Å². The highest BCUT2D eigenvalue weighted by atomic mass is 35.5. The molecule has 2 aliphatic heterocycles. The summed E-state index contributed by atoms with van der Waals surface area (Å²) in [4.78, 5) is 18.8. The van der Waals surface area contributed by atoms with E-state index in [9.17, 15) is 16.8 Å². The molecule has 6 heterocycles. The molecule has 0 radical (unpaired) electrons. The molecule has 2 aliphatic rings. The van der Waals surface area contributed by atoms with Gasteiger partial charge in [0.05, 0.1) is 53.0 Å². The zero-order valence-electron chi connectivity index (χ0n) is 37.2. The Hall–Kier alpha value is -4.44. The van der Waals surface area contributed by atoms with Crippen LogP contribution < -0.4 is 0 Å². The summed E-state index contributed by atoms with van der Waals surface area (Å²) in [7, 11) is -7.44. The van der Waals surface area contributed by atoms with Crippen molar-refractivity contribution in [2.24, 2.45) is 11.8 Å². The minimum absolute atomic E-state index is 0.170. The molecule has 0 aliphatic carbocycles. The largest absolute Gasteiger partial charge is 0.381 e. The highest BCUT2D eigenvalue weighted by Gasteiger charge is 2.29. The lowest BCUT2D eigenvalue weighted by Crippen LogP contribution is -2.25. The second-order valence-corrected chi connectivity index (χ2v) is 22.8. The van der Waals surface area contributed by atoms with Gasteiger partial charge in [0, 0.05) is 73.8 Å².